The number of likely N-dealkylation sites (tertiary alicyclic amines) is 1. The molecule has 108 valence electrons. The van der Waals surface area contributed by atoms with Crippen LogP contribution in [0.15, 0.2) is 30.3 Å². The monoisotopic (exact) mass is 277 g/mol. The number of rotatable bonds is 5. The van der Waals surface area contributed by atoms with Crippen molar-refractivity contribution in [1.82, 2.24) is 4.90 Å². The highest BCUT2D eigenvalue weighted by Gasteiger charge is 2.45. The van der Waals surface area contributed by atoms with Crippen LogP contribution in [-0.4, -0.2) is 40.6 Å². The quantitative estimate of drug-likeness (QED) is 0.893. The van der Waals surface area contributed by atoms with Crippen LogP contribution in [-0.2, 0) is 9.59 Å². The molecule has 2 rings (SSSR count). The topological polar surface area (TPSA) is 66.8 Å². The fourth-order valence-electron chi connectivity index (χ4n) is 2.49. The van der Waals surface area contributed by atoms with Crippen LogP contribution in [0.2, 0.25) is 0 Å². The Balaban J connectivity index is 1.87. The van der Waals surface area contributed by atoms with E-state index in [-0.39, 0.29) is 18.9 Å². The van der Waals surface area contributed by atoms with E-state index in [1.54, 1.807) is 6.92 Å². The van der Waals surface area contributed by atoms with E-state index in [1.807, 2.05) is 30.3 Å². The molecule has 0 aromatic heterocycles. The predicted molar refractivity (Wildman–Crippen MR) is 73.5 cm³/mol. The normalized spacial score (nSPS) is 21.8. The first-order chi connectivity index (χ1) is 9.54. The molecule has 1 fully saturated rings. The summed E-state index contributed by atoms with van der Waals surface area (Å²) >= 11 is 0. The van der Waals surface area contributed by atoms with Crippen molar-refractivity contribution in [1.29, 1.82) is 0 Å². The van der Waals surface area contributed by atoms with Gasteiger partial charge in [0.15, 0.2) is 0 Å². The number of hydrogen-bond acceptors (Lipinski definition) is 3. The molecule has 5 nitrogen and oxygen atoms in total. The summed E-state index contributed by atoms with van der Waals surface area (Å²) in [4.78, 5) is 24.9. The van der Waals surface area contributed by atoms with Gasteiger partial charge < -0.3 is 14.7 Å². The number of para-hydroxylation sites is 1. The molecule has 0 aliphatic carbocycles. The first-order valence-electron chi connectivity index (χ1n) is 6.76. The van der Waals surface area contributed by atoms with Gasteiger partial charge in [0.1, 0.15) is 11.3 Å². The number of nitrogens with zero attached hydrogens (tertiary/aromatic N) is 1. The maximum Gasteiger partial charge on any atom is 0.329 e. The summed E-state index contributed by atoms with van der Waals surface area (Å²) in [6, 6.07) is 9.25. The Labute approximate surface area is 118 Å². The Morgan fingerprint density at radius 3 is 2.70 bits per heavy atom. The zero-order valence-electron chi connectivity index (χ0n) is 11.5. The maximum absolute atomic E-state index is 12.1. The molecule has 1 heterocycles. The molecule has 1 atom stereocenters. The van der Waals surface area contributed by atoms with Crippen LogP contribution >= 0.6 is 0 Å². The fraction of sp³-hybridized carbons (Fsp3) is 0.467. The van der Waals surface area contributed by atoms with Crippen molar-refractivity contribution in [2.24, 2.45) is 0 Å². The van der Waals surface area contributed by atoms with E-state index in [1.165, 1.54) is 4.90 Å². The summed E-state index contributed by atoms with van der Waals surface area (Å²) in [5.74, 6) is -0.390. The van der Waals surface area contributed by atoms with Crippen molar-refractivity contribution in [3.05, 3.63) is 30.3 Å². The van der Waals surface area contributed by atoms with Crippen molar-refractivity contribution in [2.75, 3.05) is 13.2 Å². The molecule has 0 spiro atoms. The smallest absolute Gasteiger partial charge is 0.329 e. The van der Waals surface area contributed by atoms with Crippen molar-refractivity contribution >= 4 is 11.9 Å². The number of carbonyl (C=O) groups is 2. The molecule has 0 saturated carbocycles. The molecular weight excluding hydrogens is 258 g/mol. The Bertz CT molecular complexity index is 488. The van der Waals surface area contributed by atoms with Gasteiger partial charge in [-0.25, -0.2) is 4.79 Å². The van der Waals surface area contributed by atoms with E-state index < -0.39 is 11.5 Å². The highest BCUT2D eigenvalue weighted by atomic mass is 16.5. The summed E-state index contributed by atoms with van der Waals surface area (Å²) < 4.78 is 5.47. The van der Waals surface area contributed by atoms with Crippen LogP contribution in [0.1, 0.15) is 26.2 Å². The Morgan fingerprint density at radius 2 is 2.05 bits per heavy atom. The number of aliphatic carboxylic acids is 1. The zero-order valence-corrected chi connectivity index (χ0v) is 11.5. The van der Waals surface area contributed by atoms with Crippen LogP contribution in [0.25, 0.3) is 0 Å². The average molecular weight is 277 g/mol. The summed E-state index contributed by atoms with van der Waals surface area (Å²) in [5, 5.41) is 9.27. The summed E-state index contributed by atoms with van der Waals surface area (Å²) in [6.07, 6.45) is 1.43. The molecule has 1 amide bonds. The van der Waals surface area contributed by atoms with E-state index >= 15 is 0 Å². The summed E-state index contributed by atoms with van der Waals surface area (Å²) in [7, 11) is 0. The van der Waals surface area contributed by atoms with E-state index in [2.05, 4.69) is 0 Å². The minimum Gasteiger partial charge on any atom is -0.493 e. The lowest BCUT2D eigenvalue weighted by Crippen LogP contribution is -2.51. The minimum atomic E-state index is -1.07. The lowest BCUT2D eigenvalue weighted by molar-refractivity contribution is -0.155. The maximum atomic E-state index is 12.1. The molecule has 0 radical (unpaired) electrons. The second kappa shape index (κ2) is 5.94. The van der Waals surface area contributed by atoms with Gasteiger partial charge in [0.2, 0.25) is 5.91 Å². The van der Waals surface area contributed by atoms with Gasteiger partial charge >= 0.3 is 5.97 Å². The van der Waals surface area contributed by atoms with E-state index in [0.717, 1.165) is 6.42 Å². The molecule has 1 saturated heterocycles. The lowest BCUT2D eigenvalue weighted by atomic mass is 9.99. The van der Waals surface area contributed by atoms with Crippen LogP contribution in [0.5, 0.6) is 5.75 Å². The second-order valence-electron chi connectivity index (χ2n) is 5.14. The number of hydrogen-bond donors (Lipinski definition) is 1. The minimum absolute atomic E-state index is 0.164. The number of carboxylic acids is 1. The van der Waals surface area contributed by atoms with Gasteiger partial charge in [-0.15, -0.1) is 0 Å². The van der Waals surface area contributed by atoms with Gasteiger partial charge in [-0.05, 0) is 31.9 Å². The highest BCUT2D eigenvalue weighted by Crippen LogP contribution is 2.29. The van der Waals surface area contributed by atoms with Gasteiger partial charge in [0.25, 0.3) is 0 Å². The largest absolute Gasteiger partial charge is 0.493 e. The summed E-state index contributed by atoms with van der Waals surface area (Å²) in [6.45, 7) is 2.38. The van der Waals surface area contributed by atoms with Crippen LogP contribution < -0.4 is 4.74 Å². The SMILES string of the molecule is CC1(C(=O)O)CCCN1C(=O)CCOc1ccccc1. The molecule has 1 aromatic carbocycles. The lowest BCUT2D eigenvalue weighted by Gasteiger charge is -2.31. The third kappa shape index (κ3) is 2.92. The Kier molecular flexibility index (Phi) is 4.27. The van der Waals surface area contributed by atoms with Crippen molar-refractivity contribution in [3.63, 3.8) is 0 Å². The predicted octanol–water partition coefficient (Wildman–Crippen LogP) is 1.92. The number of amides is 1. The third-order valence-corrected chi connectivity index (χ3v) is 3.73. The first kappa shape index (κ1) is 14.4. The van der Waals surface area contributed by atoms with Gasteiger partial charge in [-0.3, -0.25) is 4.79 Å². The fourth-order valence-corrected chi connectivity index (χ4v) is 2.49. The summed E-state index contributed by atoms with van der Waals surface area (Å²) in [5.41, 5.74) is -1.07. The average Bonchev–Trinajstić information content (AvgIpc) is 2.83. The molecule has 1 N–H and O–H groups in total. The molecule has 20 heavy (non-hydrogen) atoms. The molecule has 0 bridgehead atoms. The van der Waals surface area contributed by atoms with Gasteiger partial charge in [-0.2, -0.15) is 0 Å². The van der Waals surface area contributed by atoms with Crippen LogP contribution in [0.3, 0.4) is 0 Å². The number of benzene rings is 1. The number of carboxylic acid groups (broad SMARTS) is 1. The van der Waals surface area contributed by atoms with E-state index in [9.17, 15) is 14.7 Å². The molecule has 5 heteroatoms. The standard InChI is InChI=1S/C15H19NO4/c1-15(14(18)19)9-5-10-16(15)13(17)8-11-20-12-6-3-2-4-7-12/h2-4,6-7H,5,8-11H2,1H3,(H,18,19). The van der Waals surface area contributed by atoms with Gasteiger partial charge in [0.05, 0.1) is 13.0 Å². The third-order valence-electron chi connectivity index (χ3n) is 3.73. The Morgan fingerprint density at radius 1 is 1.35 bits per heavy atom. The van der Waals surface area contributed by atoms with Crippen LogP contribution in [0, 0.1) is 0 Å². The van der Waals surface area contributed by atoms with Crippen molar-refractivity contribution in [2.45, 2.75) is 31.7 Å². The molecule has 1 aromatic rings. The zero-order chi connectivity index (χ0) is 14.6. The van der Waals surface area contributed by atoms with Crippen LogP contribution in [0.4, 0.5) is 0 Å². The second-order valence-corrected chi connectivity index (χ2v) is 5.14. The number of carbonyl (C=O) groups excluding carboxylic acids is 1. The molecular formula is C15H19NO4. The van der Waals surface area contributed by atoms with Gasteiger partial charge in [0, 0.05) is 6.54 Å². The van der Waals surface area contributed by atoms with Gasteiger partial charge in [-0.1, -0.05) is 18.2 Å². The van der Waals surface area contributed by atoms with Crippen molar-refractivity contribution in [3.8, 4) is 5.75 Å². The highest BCUT2D eigenvalue weighted by molar-refractivity contribution is 5.87. The van der Waals surface area contributed by atoms with Crippen molar-refractivity contribution < 1.29 is 19.4 Å². The van der Waals surface area contributed by atoms with E-state index in [0.29, 0.717) is 18.7 Å². The Hall–Kier alpha value is -2.04. The molecule has 1 aliphatic heterocycles. The number of ether oxygens (including phenoxy) is 1. The molecule has 1 unspecified atom stereocenters. The first-order valence-corrected chi connectivity index (χ1v) is 6.76. The van der Waals surface area contributed by atoms with E-state index in [4.69, 9.17) is 4.74 Å². The molecule has 1 aliphatic rings.